The van der Waals surface area contributed by atoms with Crippen molar-refractivity contribution in [3.63, 3.8) is 0 Å². The topological polar surface area (TPSA) is 66.9 Å². The molecule has 0 amide bonds. The zero-order valence-electron chi connectivity index (χ0n) is 20.6. The highest BCUT2D eigenvalue weighted by Crippen LogP contribution is 2.24. The maximum absolute atomic E-state index is 14.1. The molecule has 0 aliphatic heterocycles. The number of halogens is 3. The number of aromatic nitrogens is 2. The molecule has 0 radical (unpaired) electrons. The summed E-state index contributed by atoms with van der Waals surface area (Å²) in [4.78, 5) is 28.7. The lowest BCUT2D eigenvalue weighted by Crippen LogP contribution is -2.22. The van der Waals surface area contributed by atoms with Crippen LogP contribution in [0.25, 0.3) is 10.9 Å². The van der Waals surface area contributed by atoms with Crippen LogP contribution in [0.4, 0.5) is 18.9 Å². The number of fused-ring (bicyclic) bond motifs is 1. The molecule has 2 aromatic carbocycles. The van der Waals surface area contributed by atoms with E-state index in [9.17, 15) is 22.8 Å². The molecule has 0 aliphatic rings. The van der Waals surface area contributed by atoms with Gasteiger partial charge in [-0.1, -0.05) is 45.0 Å². The molecule has 2 aromatic heterocycles. The number of anilines is 1. The minimum Gasteiger partial charge on any atom is -0.357 e. The van der Waals surface area contributed by atoms with E-state index in [0.717, 1.165) is 23.4 Å². The van der Waals surface area contributed by atoms with Gasteiger partial charge in [-0.15, -0.1) is 0 Å². The first kappa shape index (κ1) is 26.5. The van der Waals surface area contributed by atoms with E-state index in [1.165, 1.54) is 23.0 Å². The van der Waals surface area contributed by atoms with Gasteiger partial charge in [0.05, 0.1) is 12.1 Å². The van der Waals surface area contributed by atoms with Crippen LogP contribution >= 0.6 is 0 Å². The summed E-state index contributed by atoms with van der Waals surface area (Å²) in [5, 5.41) is 3.58. The van der Waals surface area contributed by atoms with Crippen LogP contribution in [-0.2, 0) is 6.54 Å². The molecule has 4 aromatic rings. The zero-order chi connectivity index (χ0) is 26.4. The predicted octanol–water partition coefficient (Wildman–Crippen LogP) is 6.72. The van der Waals surface area contributed by atoms with Crippen LogP contribution in [0, 0.1) is 24.4 Å². The summed E-state index contributed by atoms with van der Waals surface area (Å²) in [6, 6.07) is 10.2. The Morgan fingerprint density at radius 3 is 2.39 bits per heavy atom. The Kier molecular flexibility index (Phi) is 8.53. The number of nitrogens with one attached hydrogen (secondary N) is 2. The number of hydrogen-bond acceptors (Lipinski definition) is 3. The van der Waals surface area contributed by atoms with E-state index >= 15 is 0 Å². The summed E-state index contributed by atoms with van der Waals surface area (Å²) in [7, 11) is 0. The van der Waals surface area contributed by atoms with Gasteiger partial charge in [-0.05, 0) is 31.0 Å². The number of benzene rings is 2. The second-order valence-corrected chi connectivity index (χ2v) is 7.89. The average Bonchev–Trinajstić information content (AvgIpc) is 3.28. The number of aromatic amines is 1. The van der Waals surface area contributed by atoms with Gasteiger partial charge in [0.15, 0.2) is 0 Å². The molecular weight excluding hydrogens is 467 g/mol. The van der Waals surface area contributed by atoms with Crippen molar-refractivity contribution in [2.75, 3.05) is 5.32 Å². The van der Waals surface area contributed by atoms with Crippen molar-refractivity contribution in [1.82, 2.24) is 9.55 Å². The summed E-state index contributed by atoms with van der Waals surface area (Å²) in [5.74, 6) is -4.71. The summed E-state index contributed by atoms with van der Waals surface area (Å²) in [6.45, 7) is 8.22. The van der Waals surface area contributed by atoms with Crippen LogP contribution in [0.2, 0.25) is 0 Å². The lowest BCUT2D eigenvalue weighted by atomic mass is 10.0. The van der Waals surface area contributed by atoms with Crippen molar-refractivity contribution in [2.45, 2.75) is 40.7 Å². The summed E-state index contributed by atoms with van der Waals surface area (Å²) >= 11 is 0. The number of para-hydroxylation sites is 1. The number of carbonyl (C=O) groups excluding carboxylic acids is 1. The van der Waals surface area contributed by atoms with Crippen molar-refractivity contribution in [1.29, 1.82) is 0 Å². The Hall–Kier alpha value is -4.07. The molecule has 2 N–H and O–H groups in total. The normalized spacial score (nSPS) is 11.2. The Balaban J connectivity index is 0.00000176. The van der Waals surface area contributed by atoms with Gasteiger partial charge in [-0.3, -0.25) is 9.59 Å². The van der Waals surface area contributed by atoms with Gasteiger partial charge in [0.25, 0.3) is 5.56 Å². The second-order valence-electron chi connectivity index (χ2n) is 7.89. The van der Waals surface area contributed by atoms with Gasteiger partial charge in [0.1, 0.15) is 23.0 Å². The van der Waals surface area contributed by atoms with Gasteiger partial charge in [0.2, 0.25) is 5.78 Å². The van der Waals surface area contributed by atoms with Gasteiger partial charge in [-0.25, -0.2) is 13.2 Å². The monoisotopic (exact) mass is 495 g/mol. The maximum atomic E-state index is 14.1. The molecule has 5 nitrogen and oxygen atoms in total. The third kappa shape index (κ3) is 5.43. The van der Waals surface area contributed by atoms with Crippen molar-refractivity contribution >= 4 is 22.4 Å². The standard InChI is InChI=1S/C26H22F3N3O2.C2H6/c1-3-6-17(31-22-8-5-4-7-15(22)2)14-32-10-9-18-19(13-30-24(18)26(32)34)25(33)23-20(28)11-16(27)12-21(23)29;1-2/h4-13,30-31H,3,14H2,1-2H3;1-2H3/b17-6+;. The van der Waals surface area contributed by atoms with Crippen molar-refractivity contribution in [2.24, 2.45) is 0 Å². The molecule has 0 saturated heterocycles. The number of nitrogens with zero attached hydrogens (tertiary/aromatic N) is 1. The summed E-state index contributed by atoms with van der Waals surface area (Å²) < 4.78 is 43.0. The van der Waals surface area contributed by atoms with Crippen molar-refractivity contribution in [3.8, 4) is 0 Å². The van der Waals surface area contributed by atoms with Gasteiger partial charge >= 0.3 is 0 Å². The van der Waals surface area contributed by atoms with Crippen LogP contribution in [0.3, 0.4) is 0 Å². The third-order valence-corrected chi connectivity index (χ3v) is 5.53. The maximum Gasteiger partial charge on any atom is 0.275 e. The van der Waals surface area contributed by atoms with Crippen molar-refractivity contribution in [3.05, 3.63) is 111 Å². The molecule has 0 unspecified atom stereocenters. The van der Waals surface area contributed by atoms with E-state index < -0.39 is 34.4 Å². The molecular formula is C28H28F3N3O2. The third-order valence-electron chi connectivity index (χ3n) is 5.53. The molecule has 8 heteroatoms. The second kappa shape index (κ2) is 11.6. The zero-order valence-corrected chi connectivity index (χ0v) is 20.6. The first-order chi connectivity index (χ1) is 17.3. The number of rotatable bonds is 7. The fourth-order valence-corrected chi connectivity index (χ4v) is 3.84. The van der Waals surface area contributed by atoms with Crippen LogP contribution < -0.4 is 10.9 Å². The molecule has 36 heavy (non-hydrogen) atoms. The van der Waals surface area contributed by atoms with Crippen LogP contribution in [-0.4, -0.2) is 15.3 Å². The number of ketones is 1. The van der Waals surface area contributed by atoms with E-state index in [1.54, 1.807) is 0 Å². The fraction of sp³-hybridized carbons (Fsp3) is 0.214. The number of hydrogen-bond donors (Lipinski definition) is 2. The number of aryl methyl sites for hydroxylation is 1. The van der Waals surface area contributed by atoms with E-state index in [1.807, 2.05) is 58.0 Å². The van der Waals surface area contributed by atoms with Crippen LogP contribution in [0.15, 0.2) is 71.4 Å². The largest absolute Gasteiger partial charge is 0.357 e. The average molecular weight is 496 g/mol. The number of pyridine rings is 1. The molecule has 188 valence electrons. The van der Waals surface area contributed by atoms with Gasteiger partial charge in [0, 0.05) is 46.9 Å². The van der Waals surface area contributed by atoms with Crippen LogP contribution in [0.1, 0.15) is 48.7 Å². The molecule has 0 aliphatic carbocycles. The predicted molar refractivity (Wildman–Crippen MR) is 137 cm³/mol. The SMILES string of the molecule is CC.CC/C=C(\Cn1ccc2c(C(=O)c3c(F)cc(F)cc3F)c[nH]c2c1=O)Nc1ccccc1C. The smallest absolute Gasteiger partial charge is 0.275 e. The Bertz CT molecular complexity index is 1460. The van der Waals surface area contributed by atoms with E-state index in [0.29, 0.717) is 12.1 Å². The molecule has 0 bridgehead atoms. The molecule has 0 spiro atoms. The highest BCUT2D eigenvalue weighted by molar-refractivity contribution is 6.16. The summed E-state index contributed by atoms with van der Waals surface area (Å²) in [6.07, 6.45) is 5.49. The van der Waals surface area contributed by atoms with E-state index in [4.69, 9.17) is 0 Å². The Morgan fingerprint density at radius 1 is 1.08 bits per heavy atom. The Labute approximate surface area is 207 Å². The van der Waals surface area contributed by atoms with E-state index in [2.05, 4.69) is 10.3 Å². The van der Waals surface area contributed by atoms with Crippen LogP contribution in [0.5, 0.6) is 0 Å². The number of carbonyl (C=O) groups is 1. The highest BCUT2D eigenvalue weighted by Gasteiger charge is 2.23. The molecule has 0 saturated carbocycles. The lowest BCUT2D eigenvalue weighted by Gasteiger charge is -2.15. The first-order valence-electron chi connectivity index (χ1n) is 11.7. The fourth-order valence-electron chi connectivity index (χ4n) is 3.84. The van der Waals surface area contributed by atoms with Gasteiger partial charge in [-0.2, -0.15) is 0 Å². The minimum absolute atomic E-state index is 0.0778. The molecule has 0 atom stereocenters. The number of H-pyrrole nitrogens is 1. The Morgan fingerprint density at radius 2 is 1.75 bits per heavy atom. The van der Waals surface area contributed by atoms with Crippen molar-refractivity contribution < 1.29 is 18.0 Å². The molecule has 2 heterocycles. The first-order valence-corrected chi connectivity index (χ1v) is 11.7. The van der Waals surface area contributed by atoms with E-state index in [-0.39, 0.29) is 23.0 Å². The van der Waals surface area contributed by atoms with Gasteiger partial charge < -0.3 is 14.9 Å². The lowest BCUT2D eigenvalue weighted by molar-refractivity contribution is 0.103. The molecule has 4 rings (SSSR count). The number of allylic oxidation sites excluding steroid dienone is 2. The quantitative estimate of drug-likeness (QED) is 0.280. The molecule has 0 fully saturated rings. The minimum atomic E-state index is -1.30. The highest BCUT2D eigenvalue weighted by atomic mass is 19.1. The summed E-state index contributed by atoms with van der Waals surface area (Å²) in [5.41, 5.74) is 1.57.